The van der Waals surface area contributed by atoms with Gasteiger partial charge in [0.1, 0.15) is 11.6 Å². The van der Waals surface area contributed by atoms with Crippen molar-refractivity contribution in [1.82, 2.24) is 19.8 Å². The number of halogens is 1. The highest BCUT2D eigenvalue weighted by Gasteiger charge is 2.23. The van der Waals surface area contributed by atoms with E-state index in [-0.39, 0.29) is 11.8 Å². The first-order valence-electron chi connectivity index (χ1n) is 10.4. The van der Waals surface area contributed by atoms with Crippen LogP contribution < -0.4 is 5.32 Å². The van der Waals surface area contributed by atoms with Gasteiger partial charge >= 0.3 is 6.03 Å². The Kier molecular flexibility index (Phi) is 6.46. The Morgan fingerprint density at radius 1 is 1.13 bits per heavy atom. The van der Waals surface area contributed by atoms with Gasteiger partial charge in [0.25, 0.3) is 0 Å². The summed E-state index contributed by atoms with van der Waals surface area (Å²) in [4.78, 5) is 25.5. The van der Waals surface area contributed by atoms with E-state index < -0.39 is 0 Å². The first-order valence-corrected chi connectivity index (χ1v) is 11.2. The zero-order chi connectivity index (χ0) is 21.8. The summed E-state index contributed by atoms with van der Waals surface area (Å²) in [6.07, 6.45) is 6.70. The molecule has 1 aromatic carbocycles. The van der Waals surface area contributed by atoms with Gasteiger partial charge < -0.3 is 15.1 Å². The molecule has 0 unspecified atom stereocenters. The third kappa shape index (κ3) is 5.38. The van der Waals surface area contributed by atoms with Crippen LogP contribution in [-0.2, 0) is 6.42 Å². The highest BCUT2D eigenvalue weighted by molar-refractivity contribution is 7.18. The summed E-state index contributed by atoms with van der Waals surface area (Å²) in [7, 11) is 3.59. The molecule has 1 aliphatic heterocycles. The van der Waals surface area contributed by atoms with Crippen LogP contribution in [0.25, 0.3) is 10.4 Å². The predicted molar refractivity (Wildman–Crippen MR) is 122 cm³/mol. The molecule has 4 rings (SSSR count). The number of rotatable bonds is 5. The van der Waals surface area contributed by atoms with Crippen molar-refractivity contribution in [3.05, 3.63) is 60.2 Å². The number of hydrogen-bond acceptors (Lipinski definition) is 5. The summed E-state index contributed by atoms with van der Waals surface area (Å²) >= 11 is 1.50. The highest BCUT2D eigenvalue weighted by Crippen LogP contribution is 2.30. The average Bonchev–Trinajstić information content (AvgIpc) is 3.24. The number of thiazole rings is 1. The smallest absolute Gasteiger partial charge is 0.319 e. The van der Waals surface area contributed by atoms with Gasteiger partial charge in [0, 0.05) is 39.6 Å². The maximum absolute atomic E-state index is 13.1. The SMILES string of the molecule is CN(C)C(=O)N1CCC(Cc2ccc(Nc3ncc(-c4ccc(F)cc4)s3)nc2)CC1. The highest BCUT2D eigenvalue weighted by atomic mass is 32.1. The van der Waals surface area contributed by atoms with E-state index in [1.54, 1.807) is 37.3 Å². The molecule has 2 aromatic heterocycles. The number of aromatic nitrogens is 2. The number of nitrogens with one attached hydrogen (secondary N) is 1. The van der Waals surface area contributed by atoms with Gasteiger partial charge in [-0.2, -0.15) is 0 Å². The number of pyridine rings is 1. The Morgan fingerprint density at radius 2 is 1.87 bits per heavy atom. The molecule has 1 aliphatic rings. The van der Waals surface area contributed by atoms with E-state index >= 15 is 0 Å². The molecule has 162 valence electrons. The molecule has 3 heterocycles. The molecule has 1 fully saturated rings. The molecule has 31 heavy (non-hydrogen) atoms. The molecule has 0 radical (unpaired) electrons. The number of piperidine rings is 1. The fraction of sp³-hybridized carbons (Fsp3) is 0.348. The zero-order valence-corrected chi connectivity index (χ0v) is 18.5. The fourth-order valence-corrected chi connectivity index (χ4v) is 4.58. The molecule has 1 saturated heterocycles. The quantitative estimate of drug-likeness (QED) is 0.606. The second-order valence-electron chi connectivity index (χ2n) is 8.02. The predicted octanol–water partition coefficient (Wildman–Crippen LogP) is 5.02. The lowest BCUT2D eigenvalue weighted by Gasteiger charge is -2.33. The summed E-state index contributed by atoms with van der Waals surface area (Å²) in [5, 5.41) is 3.99. The maximum atomic E-state index is 13.1. The Hall–Kier alpha value is -3.00. The first kappa shape index (κ1) is 21.2. The summed E-state index contributed by atoms with van der Waals surface area (Å²) in [5.74, 6) is 1.07. The zero-order valence-electron chi connectivity index (χ0n) is 17.7. The molecule has 0 bridgehead atoms. The topological polar surface area (TPSA) is 61.4 Å². The van der Waals surface area contributed by atoms with Crippen molar-refractivity contribution in [2.24, 2.45) is 5.92 Å². The minimum atomic E-state index is -0.247. The van der Waals surface area contributed by atoms with Crippen LogP contribution in [0.4, 0.5) is 20.1 Å². The van der Waals surface area contributed by atoms with Gasteiger partial charge in [-0.3, -0.25) is 0 Å². The average molecular weight is 440 g/mol. The van der Waals surface area contributed by atoms with Crippen LogP contribution >= 0.6 is 11.3 Å². The molecular formula is C23H26FN5OS. The third-order valence-electron chi connectivity index (χ3n) is 5.49. The summed E-state index contributed by atoms with van der Waals surface area (Å²) in [5.41, 5.74) is 2.14. The monoisotopic (exact) mass is 439 g/mol. The number of benzene rings is 1. The molecular weight excluding hydrogens is 413 g/mol. The van der Waals surface area contributed by atoms with Gasteiger partial charge in [0.2, 0.25) is 0 Å². The number of carbonyl (C=O) groups is 1. The number of amides is 2. The van der Waals surface area contributed by atoms with Gasteiger partial charge in [-0.1, -0.05) is 29.5 Å². The molecule has 0 spiro atoms. The largest absolute Gasteiger partial charge is 0.331 e. The van der Waals surface area contributed by atoms with Crippen LogP contribution in [0.3, 0.4) is 0 Å². The van der Waals surface area contributed by atoms with Crippen molar-refractivity contribution in [3.8, 4) is 10.4 Å². The van der Waals surface area contributed by atoms with Crippen LogP contribution in [0.1, 0.15) is 18.4 Å². The summed E-state index contributed by atoms with van der Waals surface area (Å²) in [6, 6.07) is 10.6. The molecule has 6 nitrogen and oxygen atoms in total. The van der Waals surface area contributed by atoms with Crippen molar-refractivity contribution in [3.63, 3.8) is 0 Å². The van der Waals surface area contributed by atoms with Crippen molar-refractivity contribution in [2.45, 2.75) is 19.3 Å². The number of carbonyl (C=O) groups excluding carboxylic acids is 1. The molecule has 0 aliphatic carbocycles. The Morgan fingerprint density at radius 3 is 2.52 bits per heavy atom. The minimum absolute atomic E-state index is 0.0975. The van der Waals surface area contributed by atoms with Crippen LogP contribution in [0.15, 0.2) is 48.8 Å². The lowest BCUT2D eigenvalue weighted by atomic mass is 9.91. The Balaban J connectivity index is 1.30. The Bertz CT molecular complexity index is 1010. The van der Waals surface area contributed by atoms with Crippen LogP contribution in [0.5, 0.6) is 0 Å². The summed E-state index contributed by atoms with van der Waals surface area (Å²) < 4.78 is 13.1. The van der Waals surface area contributed by atoms with E-state index in [1.807, 2.05) is 17.2 Å². The molecule has 0 saturated carbocycles. The van der Waals surface area contributed by atoms with E-state index in [9.17, 15) is 9.18 Å². The van der Waals surface area contributed by atoms with E-state index in [0.29, 0.717) is 5.92 Å². The number of likely N-dealkylation sites (tertiary alicyclic amines) is 1. The number of nitrogens with zero attached hydrogens (tertiary/aromatic N) is 4. The molecule has 1 N–H and O–H groups in total. The molecule has 3 aromatic rings. The normalized spacial score (nSPS) is 14.5. The first-order chi connectivity index (χ1) is 15.0. The lowest BCUT2D eigenvalue weighted by Crippen LogP contribution is -2.44. The van der Waals surface area contributed by atoms with Crippen molar-refractivity contribution in [2.75, 3.05) is 32.5 Å². The molecule has 0 atom stereocenters. The number of anilines is 2. The standard InChI is InChI=1S/C23H26FN5OS/c1-28(2)23(30)29-11-9-16(10-12-29)13-17-3-8-21(25-14-17)27-22-26-15-20(31-22)18-4-6-19(24)7-5-18/h3-8,14-16H,9-13H2,1-2H3,(H,25,26,27). The second kappa shape index (κ2) is 9.43. The van der Waals surface area contributed by atoms with Gasteiger partial charge in [0.05, 0.1) is 4.88 Å². The van der Waals surface area contributed by atoms with Gasteiger partial charge in [-0.25, -0.2) is 19.2 Å². The molecule has 2 amide bonds. The van der Waals surface area contributed by atoms with Crippen LogP contribution in [-0.4, -0.2) is 53.0 Å². The minimum Gasteiger partial charge on any atom is -0.331 e. The van der Waals surface area contributed by atoms with Crippen LogP contribution in [0.2, 0.25) is 0 Å². The third-order valence-corrected chi connectivity index (χ3v) is 6.45. The van der Waals surface area contributed by atoms with Crippen LogP contribution in [0, 0.1) is 11.7 Å². The number of urea groups is 1. The van der Waals surface area contributed by atoms with Gasteiger partial charge in [-0.15, -0.1) is 0 Å². The summed E-state index contributed by atoms with van der Waals surface area (Å²) in [6.45, 7) is 1.63. The van der Waals surface area contributed by atoms with Gasteiger partial charge in [0.15, 0.2) is 5.13 Å². The van der Waals surface area contributed by atoms with E-state index in [2.05, 4.69) is 21.4 Å². The lowest BCUT2D eigenvalue weighted by molar-refractivity contribution is 0.147. The van der Waals surface area contributed by atoms with Gasteiger partial charge in [-0.05, 0) is 54.5 Å². The Labute approximate surface area is 185 Å². The van der Waals surface area contributed by atoms with E-state index in [1.165, 1.54) is 29.0 Å². The van der Waals surface area contributed by atoms with Crippen molar-refractivity contribution >= 4 is 28.3 Å². The maximum Gasteiger partial charge on any atom is 0.319 e. The molecule has 8 heteroatoms. The number of hydrogen-bond donors (Lipinski definition) is 1. The van der Waals surface area contributed by atoms with E-state index in [0.717, 1.165) is 53.7 Å². The van der Waals surface area contributed by atoms with E-state index in [4.69, 9.17) is 0 Å². The van der Waals surface area contributed by atoms with Crippen molar-refractivity contribution in [1.29, 1.82) is 0 Å². The van der Waals surface area contributed by atoms with Crippen molar-refractivity contribution < 1.29 is 9.18 Å². The fourth-order valence-electron chi connectivity index (χ4n) is 3.75. The second-order valence-corrected chi connectivity index (χ2v) is 9.06.